The van der Waals surface area contributed by atoms with Gasteiger partial charge in [-0.25, -0.2) is 9.78 Å². The zero-order valence-electron chi connectivity index (χ0n) is 22.6. The number of Topliss-reactive ketones (excluding diaryl/α,β-unsaturated/α-hetero) is 1. The van der Waals surface area contributed by atoms with Gasteiger partial charge in [-0.2, -0.15) is 0 Å². The lowest BCUT2D eigenvalue weighted by Crippen LogP contribution is -2.58. The number of nitrogens with one attached hydrogen (secondary N) is 2. The van der Waals surface area contributed by atoms with Gasteiger partial charge in [0.25, 0.3) is 0 Å². The number of fused-ring (bicyclic) bond motifs is 1. The molecule has 3 N–H and O–H groups in total. The fourth-order valence-corrected chi connectivity index (χ4v) is 6.27. The van der Waals surface area contributed by atoms with Crippen molar-refractivity contribution in [3.05, 3.63) is 47.6 Å². The van der Waals surface area contributed by atoms with Gasteiger partial charge >= 0.3 is 5.97 Å². The van der Waals surface area contributed by atoms with Crippen LogP contribution in [0.4, 0.5) is 5.69 Å². The molecule has 1 spiro atoms. The Balaban J connectivity index is 1.39. The Kier molecular flexibility index (Phi) is 7.09. The number of ether oxygens (including phenoxy) is 2. The smallest absolute Gasteiger partial charge is 0.340 e. The molecule has 3 aromatic rings. The second kappa shape index (κ2) is 10.2. The number of hydrogen-bond acceptors (Lipinski definition) is 7. The molecule has 2 aliphatic heterocycles. The fraction of sp³-hybridized carbons (Fsp3) is 0.552. The Bertz CT molecular complexity index is 1320. The number of hydrogen-bond donors (Lipinski definition) is 3. The van der Waals surface area contributed by atoms with Crippen LogP contribution >= 0.6 is 0 Å². The second-order valence-corrected chi connectivity index (χ2v) is 11.1. The molecular weight excluding hydrogens is 486 g/mol. The molecule has 2 fully saturated rings. The van der Waals surface area contributed by atoms with E-state index in [1.54, 1.807) is 31.4 Å². The summed E-state index contributed by atoms with van der Waals surface area (Å²) in [5.41, 5.74) is 1.93. The van der Waals surface area contributed by atoms with Crippen LogP contribution in [0.2, 0.25) is 0 Å². The molecule has 2 aliphatic rings. The van der Waals surface area contributed by atoms with E-state index in [9.17, 15) is 14.7 Å². The number of aromatic carboxylic acids is 1. The first kappa shape index (κ1) is 26.4. The van der Waals surface area contributed by atoms with Crippen molar-refractivity contribution in [2.24, 2.45) is 23.7 Å². The minimum absolute atomic E-state index is 0.0407. The lowest BCUT2D eigenvalue weighted by molar-refractivity contribution is -0.355. The average Bonchev–Trinajstić information content (AvgIpc) is 3.57. The van der Waals surface area contributed by atoms with Crippen LogP contribution in [-0.2, 0) is 15.9 Å². The number of carboxylic acids is 1. The van der Waals surface area contributed by atoms with Crippen LogP contribution in [0.5, 0.6) is 0 Å². The Morgan fingerprint density at radius 3 is 2.68 bits per heavy atom. The minimum Gasteiger partial charge on any atom is -0.478 e. The number of rotatable bonds is 7. The molecule has 5 rings (SSSR count). The molecule has 0 radical (unpaired) electrons. The van der Waals surface area contributed by atoms with Crippen molar-refractivity contribution in [2.45, 2.75) is 71.4 Å². The van der Waals surface area contributed by atoms with Crippen LogP contribution in [0, 0.1) is 23.7 Å². The zero-order chi connectivity index (χ0) is 27.2. The molecular formula is C29H37N3O6. The van der Waals surface area contributed by atoms with Crippen LogP contribution < -0.4 is 5.32 Å². The summed E-state index contributed by atoms with van der Waals surface area (Å²) in [6.07, 6.45) is 4.22. The van der Waals surface area contributed by atoms with Gasteiger partial charge in [0.1, 0.15) is 11.1 Å². The summed E-state index contributed by atoms with van der Waals surface area (Å²) in [6, 6.07) is 7.05. The van der Waals surface area contributed by atoms with Crippen molar-refractivity contribution in [1.82, 2.24) is 9.97 Å². The van der Waals surface area contributed by atoms with Crippen molar-refractivity contribution in [3.8, 4) is 0 Å². The van der Waals surface area contributed by atoms with Gasteiger partial charge in [0.05, 0.1) is 30.0 Å². The normalized spacial score (nSPS) is 30.4. The van der Waals surface area contributed by atoms with E-state index < -0.39 is 11.8 Å². The number of carboxylic acid groups (broad SMARTS) is 1. The summed E-state index contributed by atoms with van der Waals surface area (Å²) in [5, 5.41) is 12.7. The number of nitrogens with zero attached hydrogens (tertiary/aromatic N) is 1. The lowest BCUT2D eigenvalue weighted by atomic mass is 9.75. The number of aromatic amines is 1. The first-order chi connectivity index (χ1) is 18.1. The number of carbonyl (C=O) groups excluding carboxylic acids is 1. The van der Waals surface area contributed by atoms with E-state index in [2.05, 4.69) is 36.1 Å². The number of benzene rings is 1. The van der Waals surface area contributed by atoms with Crippen molar-refractivity contribution < 1.29 is 28.6 Å². The molecule has 9 nitrogen and oxygen atoms in total. The Morgan fingerprint density at radius 1 is 1.21 bits per heavy atom. The molecule has 2 aromatic heterocycles. The zero-order valence-corrected chi connectivity index (χ0v) is 22.6. The molecule has 0 saturated carbocycles. The van der Waals surface area contributed by atoms with E-state index in [1.807, 2.05) is 13.0 Å². The monoisotopic (exact) mass is 523 g/mol. The number of oxazole rings is 1. The third-order valence-corrected chi connectivity index (χ3v) is 8.54. The first-order valence-corrected chi connectivity index (χ1v) is 13.5. The maximum absolute atomic E-state index is 13.1. The maximum Gasteiger partial charge on any atom is 0.340 e. The molecule has 7 atom stereocenters. The van der Waals surface area contributed by atoms with E-state index in [0.29, 0.717) is 34.8 Å². The number of aromatic nitrogens is 2. The SMILES string of the molecule is CNc1ccc2oc(C[C@H]3OC4(CC[C@H]3C)O[C@H]([C@H](C)C(=O)c3ccc[nH]3)[C@H](C)C[C@H]4C)nc2c1C(=O)O. The maximum atomic E-state index is 13.1. The molecule has 4 heterocycles. The Labute approximate surface area is 222 Å². The van der Waals surface area contributed by atoms with Crippen molar-refractivity contribution in [3.63, 3.8) is 0 Å². The van der Waals surface area contributed by atoms with Crippen LogP contribution in [0.25, 0.3) is 11.1 Å². The number of ketones is 1. The van der Waals surface area contributed by atoms with Crippen molar-refractivity contribution in [2.75, 3.05) is 12.4 Å². The van der Waals surface area contributed by atoms with Gasteiger partial charge in [0, 0.05) is 31.5 Å². The highest BCUT2D eigenvalue weighted by Crippen LogP contribution is 2.48. The van der Waals surface area contributed by atoms with E-state index in [-0.39, 0.29) is 47.2 Å². The van der Waals surface area contributed by atoms with E-state index in [4.69, 9.17) is 13.9 Å². The van der Waals surface area contributed by atoms with Gasteiger partial charge in [-0.05, 0) is 48.9 Å². The van der Waals surface area contributed by atoms with Crippen LogP contribution in [0.1, 0.15) is 73.7 Å². The summed E-state index contributed by atoms with van der Waals surface area (Å²) in [5.74, 6) is -1.11. The molecule has 1 aromatic carbocycles. The minimum atomic E-state index is -1.06. The molecule has 0 amide bonds. The van der Waals surface area contributed by atoms with Crippen LogP contribution in [0.15, 0.2) is 34.9 Å². The first-order valence-electron chi connectivity index (χ1n) is 13.5. The summed E-state index contributed by atoms with van der Waals surface area (Å²) >= 11 is 0. The predicted molar refractivity (Wildman–Crippen MR) is 142 cm³/mol. The lowest BCUT2D eigenvalue weighted by Gasteiger charge is -2.53. The molecule has 38 heavy (non-hydrogen) atoms. The Morgan fingerprint density at radius 2 is 2.00 bits per heavy atom. The number of H-pyrrole nitrogens is 1. The molecule has 2 saturated heterocycles. The van der Waals surface area contributed by atoms with Gasteiger partial charge in [0.2, 0.25) is 0 Å². The molecule has 0 aliphatic carbocycles. The highest BCUT2D eigenvalue weighted by Gasteiger charge is 2.52. The summed E-state index contributed by atoms with van der Waals surface area (Å²) in [7, 11) is 1.68. The van der Waals surface area contributed by atoms with Crippen molar-refractivity contribution >= 4 is 28.5 Å². The molecule has 9 heteroatoms. The number of carbonyl (C=O) groups is 2. The summed E-state index contributed by atoms with van der Waals surface area (Å²) in [4.78, 5) is 32.7. The van der Waals surface area contributed by atoms with Gasteiger partial charge in [-0.15, -0.1) is 0 Å². The quantitative estimate of drug-likeness (QED) is 0.345. The average molecular weight is 524 g/mol. The van der Waals surface area contributed by atoms with E-state index in [1.165, 1.54) is 0 Å². The summed E-state index contributed by atoms with van der Waals surface area (Å²) < 4.78 is 19.6. The van der Waals surface area contributed by atoms with Gasteiger partial charge < -0.3 is 29.3 Å². The van der Waals surface area contributed by atoms with Gasteiger partial charge in [0.15, 0.2) is 23.0 Å². The van der Waals surface area contributed by atoms with Crippen molar-refractivity contribution in [1.29, 1.82) is 0 Å². The third kappa shape index (κ3) is 4.62. The highest BCUT2D eigenvalue weighted by atomic mass is 16.7. The van der Waals surface area contributed by atoms with Gasteiger partial charge in [-0.3, -0.25) is 4.79 Å². The van der Waals surface area contributed by atoms with E-state index in [0.717, 1.165) is 19.3 Å². The standard InChI is InChI=1S/C29H37N3O6/c1-15-10-11-29(17(3)13-16(2)27(38-29)18(4)26(33)20-7-6-12-31-20)37-22(15)14-23-32-25-21(36-23)9-8-19(30-5)24(25)28(34)35/h6-9,12,15-18,22,27,30-31H,10-11,13-14H2,1-5H3,(H,34,35)/t15-,16-,17-,18-,22-,27+,29?/m1/s1. The van der Waals surface area contributed by atoms with E-state index >= 15 is 0 Å². The summed E-state index contributed by atoms with van der Waals surface area (Å²) in [6.45, 7) is 8.39. The molecule has 1 unspecified atom stereocenters. The Hall–Kier alpha value is -3.17. The topological polar surface area (TPSA) is 127 Å². The molecule has 204 valence electrons. The van der Waals surface area contributed by atoms with Gasteiger partial charge in [-0.1, -0.05) is 27.7 Å². The fourth-order valence-electron chi connectivity index (χ4n) is 6.27. The molecule has 0 bridgehead atoms. The van der Waals surface area contributed by atoms with Crippen LogP contribution in [-0.4, -0.2) is 51.9 Å². The second-order valence-electron chi connectivity index (χ2n) is 11.1. The number of anilines is 1. The largest absolute Gasteiger partial charge is 0.478 e. The highest BCUT2D eigenvalue weighted by molar-refractivity contribution is 6.06. The van der Waals surface area contributed by atoms with Crippen LogP contribution in [0.3, 0.4) is 0 Å². The predicted octanol–water partition coefficient (Wildman–Crippen LogP) is 5.53. The third-order valence-electron chi connectivity index (χ3n) is 8.54.